The molecule has 0 saturated heterocycles. The van der Waals surface area contributed by atoms with Gasteiger partial charge in [-0.1, -0.05) is 31.4 Å². The molecule has 0 bridgehead atoms. The average molecular weight is 392 g/mol. The van der Waals surface area contributed by atoms with E-state index in [1.54, 1.807) is 11.8 Å². The molecule has 0 saturated carbocycles. The predicted molar refractivity (Wildman–Crippen MR) is 118 cm³/mol. The zero-order valence-electron chi connectivity index (χ0n) is 16.0. The highest BCUT2D eigenvalue weighted by Gasteiger charge is 1.98. The van der Waals surface area contributed by atoms with Crippen molar-refractivity contribution in [3.8, 4) is 0 Å². The van der Waals surface area contributed by atoms with E-state index < -0.39 is 0 Å². The first-order chi connectivity index (χ1) is 13.1. The summed E-state index contributed by atoms with van der Waals surface area (Å²) in [7, 11) is 0. The summed E-state index contributed by atoms with van der Waals surface area (Å²) in [6.45, 7) is 2.42. The largest absolute Gasteiger partial charge is 0.390 e. The van der Waals surface area contributed by atoms with Crippen molar-refractivity contribution < 1.29 is 0 Å². The Kier molecular flexibility index (Phi) is 12.6. The van der Waals surface area contributed by atoms with E-state index in [-0.39, 0.29) is 5.84 Å². The van der Waals surface area contributed by atoms with Crippen LogP contribution in [0.4, 0.5) is 0 Å². The summed E-state index contributed by atoms with van der Waals surface area (Å²) in [5.74, 6) is 1.61. The van der Waals surface area contributed by atoms with E-state index in [2.05, 4.69) is 15.3 Å². The molecule has 0 aliphatic heterocycles. The van der Waals surface area contributed by atoms with Crippen LogP contribution >= 0.6 is 11.8 Å². The van der Waals surface area contributed by atoms with Crippen LogP contribution in [-0.4, -0.2) is 43.5 Å². The van der Waals surface area contributed by atoms with Gasteiger partial charge in [0.15, 0.2) is 5.96 Å². The number of aliphatic imine (C=N–C) groups is 2. The number of nitrogens with two attached hydrogens (primary N) is 3. The second-order valence-corrected chi connectivity index (χ2v) is 7.33. The molecule has 0 unspecified atom stereocenters. The van der Waals surface area contributed by atoms with Crippen LogP contribution in [0.15, 0.2) is 39.1 Å². The number of guanidine groups is 1. The first kappa shape index (κ1) is 22.8. The van der Waals surface area contributed by atoms with Crippen LogP contribution in [0.3, 0.4) is 0 Å². The van der Waals surface area contributed by atoms with E-state index in [1.807, 2.05) is 24.3 Å². The highest BCUT2D eigenvalue weighted by molar-refractivity contribution is 7.99. The number of unbranched alkanes of at least 4 members (excludes halogenated alkanes) is 4. The van der Waals surface area contributed by atoms with Crippen LogP contribution in [0, 0.1) is 5.41 Å². The van der Waals surface area contributed by atoms with Gasteiger partial charge in [-0.3, -0.25) is 15.4 Å². The van der Waals surface area contributed by atoms with Gasteiger partial charge >= 0.3 is 0 Å². The molecular formula is C19H33N7S. The van der Waals surface area contributed by atoms with Crippen molar-refractivity contribution in [1.29, 1.82) is 5.41 Å². The van der Waals surface area contributed by atoms with E-state index in [0.717, 1.165) is 50.2 Å². The van der Waals surface area contributed by atoms with Gasteiger partial charge in [0.25, 0.3) is 0 Å². The average Bonchev–Trinajstić information content (AvgIpc) is 2.66. The van der Waals surface area contributed by atoms with E-state index in [9.17, 15) is 0 Å². The molecule has 0 fully saturated rings. The minimum atomic E-state index is 0.0982. The van der Waals surface area contributed by atoms with Crippen molar-refractivity contribution in [2.24, 2.45) is 27.2 Å². The topological polar surface area (TPSA) is 139 Å². The molecule has 27 heavy (non-hydrogen) atoms. The quantitative estimate of drug-likeness (QED) is 0.143. The van der Waals surface area contributed by atoms with Crippen molar-refractivity contribution in [3.05, 3.63) is 29.8 Å². The molecule has 0 aliphatic carbocycles. The van der Waals surface area contributed by atoms with Crippen molar-refractivity contribution in [1.82, 2.24) is 5.32 Å². The van der Waals surface area contributed by atoms with Crippen molar-refractivity contribution >= 4 is 29.9 Å². The first-order valence-electron chi connectivity index (χ1n) is 9.44. The Morgan fingerprint density at radius 3 is 2.41 bits per heavy atom. The van der Waals surface area contributed by atoms with Crippen LogP contribution in [0.5, 0.6) is 0 Å². The monoisotopic (exact) mass is 391 g/mol. The van der Waals surface area contributed by atoms with E-state index in [1.165, 1.54) is 30.5 Å². The normalized spacial score (nSPS) is 11.8. The van der Waals surface area contributed by atoms with E-state index in [4.69, 9.17) is 22.6 Å². The summed E-state index contributed by atoms with van der Waals surface area (Å²) in [5, 5.41) is 10.5. The van der Waals surface area contributed by atoms with Gasteiger partial charge in [0.1, 0.15) is 5.84 Å². The number of benzene rings is 1. The maximum absolute atomic E-state index is 7.38. The van der Waals surface area contributed by atoms with Crippen molar-refractivity contribution in [3.63, 3.8) is 0 Å². The lowest BCUT2D eigenvalue weighted by molar-refractivity contribution is 0.611. The molecule has 8 N–H and O–H groups in total. The Balaban J connectivity index is 2.01. The lowest BCUT2D eigenvalue weighted by Crippen LogP contribution is -2.32. The summed E-state index contributed by atoms with van der Waals surface area (Å²) >= 11 is 1.77. The Morgan fingerprint density at radius 1 is 1.00 bits per heavy atom. The minimum absolute atomic E-state index is 0.0982. The zero-order valence-corrected chi connectivity index (χ0v) is 16.8. The molecule has 8 heteroatoms. The number of thioether (sulfide) groups is 1. The van der Waals surface area contributed by atoms with Gasteiger partial charge < -0.3 is 22.5 Å². The summed E-state index contributed by atoms with van der Waals surface area (Å²) in [6.07, 6.45) is 8.13. The number of amidine groups is 1. The van der Waals surface area contributed by atoms with Gasteiger partial charge in [-0.15, -0.1) is 11.8 Å². The number of nitrogens with one attached hydrogen (secondary N) is 2. The standard InChI is InChI=1S/C19H33N7S/c20-15-24-11-4-2-1-3-5-12-25-19(23)26-13-6-14-27-17-9-7-16(8-10-17)18(21)22/h7-10,15H,1-6,11-14H2,(H2,20,24)(H3,21,22)(H3,23,25,26). The number of hydrogen-bond donors (Lipinski definition) is 5. The molecule has 0 heterocycles. The molecule has 0 amide bonds. The first-order valence-corrected chi connectivity index (χ1v) is 10.4. The third kappa shape index (κ3) is 11.9. The molecule has 0 aromatic heterocycles. The Hall–Kier alpha value is -2.22. The van der Waals surface area contributed by atoms with Gasteiger partial charge in [0.2, 0.25) is 0 Å². The zero-order chi connectivity index (χ0) is 19.7. The van der Waals surface area contributed by atoms with Crippen LogP contribution in [0.2, 0.25) is 0 Å². The van der Waals surface area contributed by atoms with Gasteiger partial charge in [-0.2, -0.15) is 0 Å². The number of hydrogen-bond acceptors (Lipinski definition) is 4. The molecular weight excluding hydrogens is 358 g/mol. The predicted octanol–water partition coefficient (Wildman–Crippen LogP) is 2.29. The highest BCUT2D eigenvalue weighted by atomic mass is 32.2. The lowest BCUT2D eigenvalue weighted by atomic mass is 10.1. The van der Waals surface area contributed by atoms with Crippen molar-refractivity contribution in [2.45, 2.75) is 43.4 Å². The third-order valence-corrected chi connectivity index (χ3v) is 4.99. The summed E-state index contributed by atoms with van der Waals surface area (Å²) < 4.78 is 0. The fourth-order valence-electron chi connectivity index (χ4n) is 2.39. The SMILES string of the molecule is N=C(N)c1ccc(SCCCN=C(N)NCCCCCCCN=CN)cc1. The van der Waals surface area contributed by atoms with Crippen molar-refractivity contribution in [2.75, 3.05) is 25.4 Å². The molecule has 1 rings (SSSR count). The van der Waals surface area contributed by atoms with Gasteiger partial charge in [-0.25, -0.2) is 0 Å². The Labute approximate surface area is 166 Å². The maximum Gasteiger partial charge on any atom is 0.188 e. The van der Waals surface area contributed by atoms with Gasteiger partial charge in [-0.05, 0) is 37.1 Å². The summed E-state index contributed by atoms with van der Waals surface area (Å²) in [4.78, 5) is 9.52. The fourth-order valence-corrected chi connectivity index (χ4v) is 3.23. The Bertz CT molecular complexity index is 584. The van der Waals surface area contributed by atoms with Crippen LogP contribution in [0.25, 0.3) is 0 Å². The van der Waals surface area contributed by atoms with Crippen LogP contribution in [-0.2, 0) is 0 Å². The van der Waals surface area contributed by atoms with Crippen LogP contribution < -0.4 is 22.5 Å². The molecule has 0 radical (unpaired) electrons. The van der Waals surface area contributed by atoms with E-state index in [0.29, 0.717) is 5.96 Å². The summed E-state index contributed by atoms with van der Waals surface area (Å²) in [5.41, 5.74) is 17.3. The molecule has 0 spiro atoms. The fraction of sp³-hybridized carbons (Fsp3) is 0.526. The molecule has 0 atom stereocenters. The Morgan fingerprint density at radius 2 is 1.70 bits per heavy atom. The second kappa shape index (κ2) is 14.9. The second-order valence-electron chi connectivity index (χ2n) is 6.16. The lowest BCUT2D eigenvalue weighted by Gasteiger charge is -2.06. The third-order valence-electron chi connectivity index (χ3n) is 3.89. The highest BCUT2D eigenvalue weighted by Crippen LogP contribution is 2.19. The maximum atomic E-state index is 7.38. The molecule has 1 aromatic carbocycles. The van der Waals surface area contributed by atoms with Crippen LogP contribution in [0.1, 0.15) is 44.1 Å². The molecule has 7 nitrogen and oxygen atoms in total. The summed E-state index contributed by atoms with van der Waals surface area (Å²) in [6, 6.07) is 7.73. The molecule has 150 valence electrons. The van der Waals surface area contributed by atoms with E-state index >= 15 is 0 Å². The number of nitrogen functional groups attached to an aromatic ring is 1. The van der Waals surface area contributed by atoms with Gasteiger partial charge in [0.05, 0.1) is 6.34 Å². The molecule has 1 aromatic rings. The smallest absolute Gasteiger partial charge is 0.188 e. The molecule has 0 aliphatic rings. The number of nitrogens with zero attached hydrogens (tertiary/aromatic N) is 2. The van der Waals surface area contributed by atoms with Gasteiger partial charge in [0, 0.05) is 30.1 Å². The number of rotatable bonds is 14. The minimum Gasteiger partial charge on any atom is -0.390 e.